The van der Waals surface area contributed by atoms with E-state index >= 15 is 0 Å². The second kappa shape index (κ2) is 5.10. The molecule has 0 aliphatic heterocycles. The van der Waals surface area contributed by atoms with Crippen LogP contribution < -0.4 is 5.73 Å². The van der Waals surface area contributed by atoms with Crippen molar-refractivity contribution >= 4 is 27.5 Å². The summed E-state index contributed by atoms with van der Waals surface area (Å²) < 4.78 is 13.9. The molecule has 0 bridgehead atoms. The number of para-hydroxylation sites is 1. The van der Waals surface area contributed by atoms with Crippen LogP contribution in [0.5, 0.6) is 0 Å². The van der Waals surface area contributed by atoms with E-state index in [1.807, 2.05) is 6.92 Å². The number of hydrogen-bond acceptors (Lipinski definition) is 1. The SMILES string of the molecule is CCCC(N)=Nc1c(F)cccc1Br. The average Bonchev–Trinajstić information content (AvgIpc) is 2.12. The second-order valence-corrected chi connectivity index (χ2v) is 3.78. The lowest BCUT2D eigenvalue weighted by Crippen LogP contribution is -2.10. The minimum absolute atomic E-state index is 0.276. The number of benzene rings is 1. The van der Waals surface area contributed by atoms with E-state index in [4.69, 9.17) is 5.73 Å². The highest BCUT2D eigenvalue weighted by molar-refractivity contribution is 9.10. The van der Waals surface area contributed by atoms with Gasteiger partial charge in [-0.25, -0.2) is 9.38 Å². The molecule has 0 aromatic heterocycles. The molecule has 0 radical (unpaired) electrons. The van der Waals surface area contributed by atoms with Crippen molar-refractivity contribution in [2.45, 2.75) is 19.8 Å². The zero-order chi connectivity index (χ0) is 10.6. The van der Waals surface area contributed by atoms with Gasteiger partial charge in [-0.3, -0.25) is 0 Å². The van der Waals surface area contributed by atoms with Crippen molar-refractivity contribution < 1.29 is 4.39 Å². The van der Waals surface area contributed by atoms with Crippen LogP contribution >= 0.6 is 15.9 Å². The smallest absolute Gasteiger partial charge is 0.150 e. The fraction of sp³-hybridized carbons (Fsp3) is 0.300. The van der Waals surface area contributed by atoms with Gasteiger partial charge in [0.25, 0.3) is 0 Å². The molecule has 14 heavy (non-hydrogen) atoms. The van der Waals surface area contributed by atoms with Gasteiger partial charge in [0.2, 0.25) is 0 Å². The number of amidine groups is 1. The highest BCUT2D eigenvalue weighted by Gasteiger charge is 2.05. The third-order valence-corrected chi connectivity index (χ3v) is 2.34. The van der Waals surface area contributed by atoms with Crippen LogP contribution in [0, 0.1) is 5.82 Å². The van der Waals surface area contributed by atoms with E-state index in [-0.39, 0.29) is 11.5 Å². The Kier molecular flexibility index (Phi) is 4.07. The zero-order valence-electron chi connectivity index (χ0n) is 7.93. The third-order valence-electron chi connectivity index (χ3n) is 1.70. The first-order valence-corrected chi connectivity index (χ1v) is 5.21. The molecule has 0 atom stereocenters. The summed E-state index contributed by atoms with van der Waals surface area (Å²) in [5, 5.41) is 0. The van der Waals surface area contributed by atoms with Gasteiger partial charge in [-0.1, -0.05) is 13.0 Å². The monoisotopic (exact) mass is 258 g/mol. The number of halogens is 2. The van der Waals surface area contributed by atoms with Crippen molar-refractivity contribution in [3.63, 3.8) is 0 Å². The third kappa shape index (κ3) is 2.80. The lowest BCUT2D eigenvalue weighted by atomic mass is 10.3. The second-order valence-electron chi connectivity index (χ2n) is 2.92. The number of hydrogen-bond donors (Lipinski definition) is 1. The molecule has 0 aliphatic carbocycles. The van der Waals surface area contributed by atoms with Crippen LogP contribution in [0.25, 0.3) is 0 Å². The van der Waals surface area contributed by atoms with E-state index in [1.54, 1.807) is 12.1 Å². The number of nitrogens with zero attached hydrogens (tertiary/aromatic N) is 1. The summed E-state index contributed by atoms with van der Waals surface area (Å²) in [7, 11) is 0. The maximum atomic E-state index is 13.3. The Labute approximate surface area is 91.2 Å². The lowest BCUT2D eigenvalue weighted by molar-refractivity contribution is 0.629. The summed E-state index contributed by atoms with van der Waals surface area (Å²) in [6.45, 7) is 2.00. The van der Waals surface area contributed by atoms with Crippen LogP contribution in [0.4, 0.5) is 10.1 Å². The summed E-state index contributed by atoms with van der Waals surface area (Å²) in [5.74, 6) is 0.0942. The van der Waals surface area contributed by atoms with Gasteiger partial charge in [-0.15, -0.1) is 0 Å². The van der Waals surface area contributed by atoms with Gasteiger partial charge in [-0.05, 0) is 34.5 Å². The highest BCUT2D eigenvalue weighted by Crippen LogP contribution is 2.28. The van der Waals surface area contributed by atoms with E-state index in [2.05, 4.69) is 20.9 Å². The van der Waals surface area contributed by atoms with E-state index in [0.717, 1.165) is 6.42 Å². The number of aliphatic imine (C=N–C) groups is 1. The van der Waals surface area contributed by atoms with E-state index in [0.29, 0.717) is 16.7 Å². The fourth-order valence-corrected chi connectivity index (χ4v) is 1.48. The fourth-order valence-electron chi connectivity index (χ4n) is 1.05. The Morgan fingerprint density at radius 3 is 2.86 bits per heavy atom. The number of nitrogens with two attached hydrogens (primary N) is 1. The molecular formula is C10H12BrFN2. The molecule has 2 N–H and O–H groups in total. The van der Waals surface area contributed by atoms with Crippen molar-refractivity contribution in [3.05, 3.63) is 28.5 Å². The van der Waals surface area contributed by atoms with Gasteiger partial charge >= 0.3 is 0 Å². The molecule has 0 spiro atoms. The molecule has 0 aliphatic rings. The van der Waals surface area contributed by atoms with Gasteiger partial charge < -0.3 is 5.73 Å². The van der Waals surface area contributed by atoms with Gasteiger partial charge in [0, 0.05) is 10.9 Å². The van der Waals surface area contributed by atoms with Crippen LogP contribution in [-0.2, 0) is 0 Å². The summed E-state index contributed by atoms with van der Waals surface area (Å²) in [4.78, 5) is 4.02. The molecule has 0 fully saturated rings. The quantitative estimate of drug-likeness (QED) is 0.655. The Hall–Kier alpha value is -0.900. The standard InChI is InChI=1S/C10H12BrFN2/c1-2-4-9(13)14-10-7(11)5-3-6-8(10)12/h3,5-6H,2,4H2,1H3,(H2,13,14). The summed E-state index contributed by atoms with van der Waals surface area (Å²) in [6.07, 6.45) is 1.59. The molecule has 76 valence electrons. The molecule has 0 saturated heterocycles. The van der Waals surface area contributed by atoms with Gasteiger partial charge in [-0.2, -0.15) is 0 Å². The number of rotatable bonds is 3. The van der Waals surface area contributed by atoms with Crippen LogP contribution in [-0.4, -0.2) is 5.84 Å². The van der Waals surface area contributed by atoms with Crippen molar-refractivity contribution in [3.8, 4) is 0 Å². The molecule has 1 rings (SSSR count). The topological polar surface area (TPSA) is 38.4 Å². The molecule has 0 amide bonds. The molecule has 1 aromatic carbocycles. The predicted octanol–water partition coefficient (Wildman–Crippen LogP) is 3.38. The minimum Gasteiger partial charge on any atom is -0.387 e. The first-order valence-electron chi connectivity index (χ1n) is 4.42. The molecule has 0 saturated carbocycles. The largest absolute Gasteiger partial charge is 0.387 e. The van der Waals surface area contributed by atoms with Crippen LogP contribution in [0.3, 0.4) is 0 Å². The van der Waals surface area contributed by atoms with Gasteiger partial charge in [0.1, 0.15) is 11.5 Å². The minimum atomic E-state index is -0.363. The molecule has 0 unspecified atom stereocenters. The normalized spacial score (nSPS) is 11.8. The Morgan fingerprint density at radius 1 is 1.57 bits per heavy atom. The highest BCUT2D eigenvalue weighted by atomic mass is 79.9. The van der Waals surface area contributed by atoms with Gasteiger partial charge in [0.05, 0.1) is 5.84 Å². The molecule has 4 heteroatoms. The first-order chi connectivity index (χ1) is 6.65. The van der Waals surface area contributed by atoms with Crippen LogP contribution in [0.15, 0.2) is 27.7 Å². The molecule has 2 nitrogen and oxygen atoms in total. The molecular weight excluding hydrogens is 247 g/mol. The lowest BCUT2D eigenvalue weighted by Gasteiger charge is -2.02. The Morgan fingerprint density at radius 2 is 2.29 bits per heavy atom. The Balaban J connectivity index is 3.01. The van der Waals surface area contributed by atoms with E-state index < -0.39 is 0 Å². The van der Waals surface area contributed by atoms with E-state index in [9.17, 15) is 4.39 Å². The molecule has 0 heterocycles. The average molecular weight is 259 g/mol. The molecule has 1 aromatic rings. The Bertz CT molecular complexity index is 330. The summed E-state index contributed by atoms with van der Waals surface area (Å²) in [5.41, 5.74) is 5.89. The van der Waals surface area contributed by atoms with Crippen molar-refractivity contribution in [1.82, 2.24) is 0 Å². The summed E-state index contributed by atoms with van der Waals surface area (Å²) >= 11 is 3.22. The maximum Gasteiger partial charge on any atom is 0.150 e. The maximum absolute atomic E-state index is 13.3. The predicted molar refractivity (Wildman–Crippen MR) is 60.3 cm³/mol. The van der Waals surface area contributed by atoms with E-state index in [1.165, 1.54) is 6.07 Å². The van der Waals surface area contributed by atoms with Crippen molar-refractivity contribution in [2.75, 3.05) is 0 Å². The van der Waals surface area contributed by atoms with Crippen LogP contribution in [0.1, 0.15) is 19.8 Å². The van der Waals surface area contributed by atoms with Crippen LogP contribution in [0.2, 0.25) is 0 Å². The summed E-state index contributed by atoms with van der Waals surface area (Å²) in [6, 6.07) is 4.72. The van der Waals surface area contributed by atoms with Crippen molar-refractivity contribution in [2.24, 2.45) is 10.7 Å². The zero-order valence-corrected chi connectivity index (χ0v) is 9.51. The van der Waals surface area contributed by atoms with Gasteiger partial charge in [0.15, 0.2) is 0 Å². The first kappa shape index (κ1) is 11.2. The van der Waals surface area contributed by atoms with Crippen molar-refractivity contribution in [1.29, 1.82) is 0 Å².